The number of fused-ring (bicyclic) bond motifs is 6. The van der Waals surface area contributed by atoms with Crippen molar-refractivity contribution in [1.82, 2.24) is 0 Å². The largest absolute Gasteiger partial charge is 0.508 e. The molecule has 27 heavy (non-hydrogen) atoms. The molecule has 3 N–H and O–H groups in total. The van der Waals surface area contributed by atoms with Gasteiger partial charge in [-0.1, -0.05) is 43.3 Å². The smallest absolute Gasteiger partial charge is 0.118 e. The first-order valence-corrected chi connectivity index (χ1v) is 10.2. The van der Waals surface area contributed by atoms with E-state index in [1.54, 1.807) is 13.0 Å². The Morgan fingerprint density at radius 1 is 1.07 bits per heavy atom. The van der Waals surface area contributed by atoms with Crippen LogP contribution in [0.4, 0.5) is 0 Å². The van der Waals surface area contributed by atoms with E-state index in [2.05, 4.69) is 13.0 Å². The number of aliphatic hydroxyl groups is 2. The molecule has 0 heterocycles. The molecule has 2 fully saturated rings. The lowest BCUT2D eigenvalue weighted by molar-refractivity contribution is -0.207. The van der Waals surface area contributed by atoms with Crippen molar-refractivity contribution in [2.24, 2.45) is 11.8 Å². The average molecular weight is 364 g/mol. The summed E-state index contributed by atoms with van der Waals surface area (Å²) in [7, 11) is 0. The molecule has 3 aliphatic rings. The normalized spacial score (nSPS) is 42.0. The van der Waals surface area contributed by atoms with E-state index in [0.29, 0.717) is 36.3 Å². The van der Waals surface area contributed by atoms with Crippen LogP contribution in [0.25, 0.3) is 0 Å². The predicted molar refractivity (Wildman–Crippen MR) is 105 cm³/mol. The quantitative estimate of drug-likeness (QED) is 0.748. The summed E-state index contributed by atoms with van der Waals surface area (Å²) in [5.41, 5.74) is 0.747. The van der Waals surface area contributed by atoms with E-state index in [-0.39, 0.29) is 5.41 Å². The molecule has 5 rings (SSSR count). The number of aromatic hydroxyl groups is 1. The zero-order chi connectivity index (χ0) is 19.0. The fourth-order valence-corrected chi connectivity index (χ4v) is 6.53. The van der Waals surface area contributed by atoms with Gasteiger partial charge < -0.3 is 15.3 Å². The van der Waals surface area contributed by atoms with Gasteiger partial charge in [0, 0.05) is 5.41 Å². The van der Waals surface area contributed by atoms with Crippen LogP contribution in [0.5, 0.6) is 5.75 Å². The molecule has 6 atom stereocenters. The van der Waals surface area contributed by atoms with Gasteiger partial charge in [0.25, 0.3) is 0 Å². The minimum atomic E-state index is -1.24. The molecule has 142 valence electrons. The molecule has 3 nitrogen and oxygen atoms in total. The lowest BCUT2D eigenvalue weighted by atomic mass is 9.48. The van der Waals surface area contributed by atoms with E-state index >= 15 is 0 Å². The first-order valence-electron chi connectivity index (χ1n) is 10.2. The van der Waals surface area contributed by atoms with Gasteiger partial charge in [0.1, 0.15) is 11.4 Å². The number of hydrogen-bond acceptors (Lipinski definition) is 3. The van der Waals surface area contributed by atoms with Crippen LogP contribution in [0.2, 0.25) is 0 Å². The molecule has 2 saturated carbocycles. The predicted octanol–water partition coefficient (Wildman–Crippen LogP) is 4.21. The van der Waals surface area contributed by atoms with Crippen LogP contribution in [0.15, 0.2) is 48.5 Å². The van der Waals surface area contributed by atoms with Gasteiger partial charge in [-0.2, -0.15) is 0 Å². The Morgan fingerprint density at radius 3 is 2.52 bits per heavy atom. The van der Waals surface area contributed by atoms with Gasteiger partial charge in [-0.25, -0.2) is 0 Å². The van der Waals surface area contributed by atoms with Crippen LogP contribution in [0.3, 0.4) is 0 Å². The molecule has 0 saturated heterocycles. The highest BCUT2D eigenvalue weighted by Gasteiger charge is 2.67. The molecular weight excluding hydrogens is 336 g/mol. The van der Waals surface area contributed by atoms with Crippen LogP contribution in [-0.4, -0.2) is 20.9 Å². The van der Waals surface area contributed by atoms with Crippen molar-refractivity contribution in [1.29, 1.82) is 0 Å². The van der Waals surface area contributed by atoms with E-state index in [4.69, 9.17) is 0 Å². The molecule has 2 aromatic rings. The topological polar surface area (TPSA) is 60.7 Å². The molecule has 3 aliphatic carbocycles. The molecule has 0 aromatic heterocycles. The van der Waals surface area contributed by atoms with E-state index < -0.39 is 11.2 Å². The van der Waals surface area contributed by atoms with Crippen molar-refractivity contribution in [2.45, 2.75) is 62.1 Å². The first-order chi connectivity index (χ1) is 12.8. The van der Waals surface area contributed by atoms with Gasteiger partial charge in [0.05, 0.1) is 5.60 Å². The maximum atomic E-state index is 11.8. The summed E-state index contributed by atoms with van der Waals surface area (Å²) < 4.78 is 0. The molecule has 2 aromatic carbocycles. The number of phenolic OH excluding ortho intramolecular Hbond substituents is 1. The highest BCUT2D eigenvalue weighted by Crippen LogP contribution is 2.70. The highest BCUT2D eigenvalue weighted by molar-refractivity contribution is 5.50. The summed E-state index contributed by atoms with van der Waals surface area (Å²) in [6.07, 6.45) is 3.17. The van der Waals surface area contributed by atoms with Crippen LogP contribution in [0, 0.1) is 11.8 Å². The average Bonchev–Trinajstić information content (AvgIpc) is 3.45. The zero-order valence-corrected chi connectivity index (χ0v) is 16.0. The second-order valence-corrected chi connectivity index (χ2v) is 9.27. The second-order valence-electron chi connectivity index (χ2n) is 9.27. The van der Waals surface area contributed by atoms with Crippen molar-refractivity contribution in [3.8, 4) is 5.75 Å². The summed E-state index contributed by atoms with van der Waals surface area (Å²) in [6, 6.07) is 15.5. The van der Waals surface area contributed by atoms with Gasteiger partial charge in [-0.05, 0) is 79.2 Å². The van der Waals surface area contributed by atoms with Crippen molar-refractivity contribution in [2.75, 3.05) is 0 Å². The summed E-state index contributed by atoms with van der Waals surface area (Å²) in [5, 5.41) is 33.3. The van der Waals surface area contributed by atoms with Crippen LogP contribution >= 0.6 is 0 Å². The van der Waals surface area contributed by atoms with E-state index in [0.717, 1.165) is 18.4 Å². The number of rotatable bonds is 2. The number of phenols is 1. The first kappa shape index (κ1) is 17.3. The molecule has 5 unspecified atom stereocenters. The third kappa shape index (κ3) is 2.16. The lowest BCUT2D eigenvalue weighted by Crippen LogP contribution is -2.62. The molecule has 0 radical (unpaired) electrons. The van der Waals surface area contributed by atoms with Gasteiger partial charge in [-0.3, -0.25) is 0 Å². The van der Waals surface area contributed by atoms with Crippen LogP contribution in [0.1, 0.15) is 62.1 Å². The third-order valence-electron chi connectivity index (χ3n) is 7.99. The molecule has 3 heteroatoms. The standard InChI is InChI=1S/C24H28O3/c1-3-23-14-22(2,26)24(27,15-7-5-4-6-8-15)13-21(23)19-12-17(19)18-11-16(25)9-10-20(18)23/h4-11,17,19,21,25-27H,3,12-14H2,1-2H3/t17-,19?,21?,22?,23?,24?/m1/s1. The van der Waals surface area contributed by atoms with Gasteiger partial charge in [0.2, 0.25) is 0 Å². The Labute approximate surface area is 160 Å². The fraction of sp³-hybridized carbons (Fsp3) is 0.500. The Kier molecular flexibility index (Phi) is 3.43. The molecule has 0 amide bonds. The van der Waals surface area contributed by atoms with E-state index in [1.807, 2.05) is 36.4 Å². The van der Waals surface area contributed by atoms with Crippen LogP contribution < -0.4 is 0 Å². The summed E-state index contributed by atoms with van der Waals surface area (Å²) in [4.78, 5) is 0. The molecule has 0 spiro atoms. The van der Waals surface area contributed by atoms with E-state index in [9.17, 15) is 15.3 Å². The van der Waals surface area contributed by atoms with Gasteiger partial charge in [0.15, 0.2) is 0 Å². The van der Waals surface area contributed by atoms with E-state index in [1.165, 1.54) is 11.1 Å². The second kappa shape index (κ2) is 5.36. The Morgan fingerprint density at radius 2 is 1.81 bits per heavy atom. The van der Waals surface area contributed by atoms with Gasteiger partial charge >= 0.3 is 0 Å². The zero-order valence-electron chi connectivity index (χ0n) is 16.0. The monoisotopic (exact) mass is 364 g/mol. The minimum absolute atomic E-state index is 0.148. The fourth-order valence-electron chi connectivity index (χ4n) is 6.53. The van der Waals surface area contributed by atoms with Crippen molar-refractivity contribution >= 4 is 0 Å². The summed E-state index contributed by atoms with van der Waals surface area (Å²) in [5.74, 6) is 1.69. The summed E-state index contributed by atoms with van der Waals surface area (Å²) in [6.45, 7) is 4.00. The third-order valence-corrected chi connectivity index (χ3v) is 7.99. The van der Waals surface area contributed by atoms with Crippen molar-refractivity contribution < 1.29 is 15.3 Å². The molecular formula is C24H28O3. The van der Waals surface area contributed by atoms with Gasteiger partial charge in [-0.15, -0.1) is 0 Å². The number of hydrogen-bond donors (Lipinski definition) is 3. The SMILES string of the molecule is CCC12CC(C)(O)C(O)(c3ccccc3)CC1C1C[C@@H]1c1cc(O)ccc12. The minimum Gasteiger partial charge on any atom is -0.508 e. The number of benzene rings is 2. The summed E-state index contributed by atoms with van der Waals surface area (Å²) >= 11 is 0. The Hall–Kier alpha value is -1.84. The maximum Gasteiger partial charge on any atom is 0.118 e. The lowest BCUT2D eigenvalue weighted by Gasteiger charge is -2.59. The maximum absolute atomic E-state index is 11.8. The highest BCUT2D eigenvalue weighted by atomic mass is 16.4. The Balaban J connectivity index is 1.67. The van der Waals surface area contributed by atoms with Crippen molar-refractivity contribution in [3.63, 3.8) is 0 Å². The molecule has 0 bridgehead atoms. The Bertz CT molecular complexity index is 890. The molecule has 0 aliphatic heterocycles. The van der Waals surface area contributed by atoms with Crippen molar-refractivity contribution in [3.05, 3.63) is 65.2 Å². The van der Waals surface area contributed by atoms with Crippen LogP contribution in [-0.2, 0) is 11.0 Å².